The fraction of sp³-hybridized carbons (Fsp3) is 0.818. The molecule has 0 saturated carbocycles. The second-order valence-electron chi connectivity index (χ2n) is 4.48. The average molecular weight is 242 g/mol. The second-order valence-corrected chi connectivity index (χ2v) is 4.48. The van der Waals surface area contributed by atoms with Crippen molar-refractivity contribution in [1.82, 2.24) is 15.5 Å². The Bertz CT molecular complexity index is 262. The zero-order valence-electron chi connectivity index (χ0n) is 10.4. The van der Waals surface area contributed by atoms with Crippen LogP contribution in [0, 0.1) is 0 Å². The SMILES string of the molecule is CN(CCC(=O)NC(N)=O)C1CCCNCC1. The molecule has 1 heterocycles. The second kappa shape index (κ2) is 7.24. The third-order valence-corrected chi connectivity index (χ3v) is 3.12. The average Bonchev–Trinajstić information content (AvgIpc) is 2.53. The fourth-order valence-electron chi connectivity index (χ4n) is 2.10. The lowest BCUT2D eigenvalue weighted by atomic mass is 10.1. The first-order chi connectivity index (χ1) is 8.09. The Morgan fingerprint density at radius 1 is 1.41 bits per heavy atom. The van der Waals surface area contributed by atoms with E-state index in [1.807, 2.05) is 7.05 Å². The van der Waals surface area contributed by atoms with E-state index in [4.69, 9.17) is 5.73 Å². The molecule has 1 atom stereocenters. The number of carbonyl (C=O) groups is 2. The molecule has 1 unspecified atom stereocenters. The van der Waals surface area contributed by atoms with Gasteiger partial charge in [0.15, 0.2) is 0 Å². The summed E-state index contributed by atoms with van der Waals surface area (Å²) in [4.78, 5) is 23.9. The van der Waals surface area contributed by atoms with Gasteiger partial charge in [-0.25, -0.2) is 4.79 Å². The Balaban J connectivity index is 2.25. The number of amides is 3. The Labute approximate surface area is 102 Å². The summed E-state index contributed by atoms with van der Waals surface area (Å²) < 4.78 is 0. The van der Waals surface area contributed by atoms with Crippen LogP contribution in [0.2, 0.25) is 0 Å². The topological polar surface area (TPSA) is 87.5 Å². The van der Waals surface area contributed by atoms with Crippen molar-refractivity contribution in [3.63, 3.8) is 0 Å². The third-order valence-electron chi connectivity index (χ3n) is 3.12. The summed E-state index contributed by atoms with van der Waals surface area (Å²) in [7, 11) is 2.02. The predicted octanol–water partition coefficient (Wildman–Crippen LogP) is -0.355. The number of nitrogens with zero attached hydrogens (tertiary/aromatic N) is 1. The van der Waals surface area contributed by atoms with E-state index >= 15 is 0 Å². The first-order valence-electron chi connectivity index (χ1n) is 6.10. The van der Waals surface area contributed by atoms with Gasteiger partial charge in [0.1, 0.15) is 0 Å². The molecule has 0 radical (unpaired) electrons. The Kier molecular flexibility index (Phi) is 5.93. The van der Waals surface area contributed by atoms with Crippen molar-refractivity contribution in [1.29, 1.82) is 0 Å². The van der Waals surface area contributed by atoms with Gasteiger partial charge >= 0.3 is 6.03 Å². The van der Waals surface area contributed by atoms with Crippen LogP contribution >= 0.6 is 0 Å². The van der Waals surface area contributed by atoms with Crippen LogP contribution in [-0.2, 0) is 4.79 Å². The van der Waals surface area contributed by atoms with E-state index in [9.17, 15) is 9.59 Å². The van der Waals surface area contributed by atoms with Crippen LogP contribution in [0.5, 0.6) is 0 Å². The number of urea groups is 1. The molecule has 4 N–H and O–H groups in total. The van der Waals surface area contributed by atoms with Crippen LogP contribution in [0.4, 0.5) is 4.79 Å². The van der Waals surface area contributed by atoms with Gasteiger partial charge in [-0.2, -0.15) is 0 Å². The first-order valence-corrected chi connectivity index (χ1v) is 6.10. The van der Waals surface area contributed by atoms with Crippen molar-refractivity contribution < 1.29 is 9.59 Å². The molecule has 1 aliphatic heterocycles. The van der Waals surface area contributed by atoms with Crippen LogP contribution < -0.4 is 16.4 Å². The van der Waals surface area contributed by atoms with Crippen molar-refractivity contribution in [3.8, 4) is 0 Å². The van der Waals surface area contributed by atoms with Crippen molar-refractivity contribution in [2.45, 2.75) is 31.7 Å². The summed E-state index contributed by atoms with van der Waals surface area (Å²) >= 11 is 0. The number of nitrogens with two attached hydrogens (primary N) is 1. The minimum Gasteiger partial charge on any atom is -0.351 e. The van der Waals surface area contributed by atoms with E-state index in [1.54, 1.807) is 0 Å². The van der Waals surface area contributed by atoms with Crippen LogP contribution in [-0.4, -0.2) is 49.6 Å². The number of carbonyl (C=O) groups excluding carboxylic acids is 2. The smallest absolute Gasteiger partial charge is 0.318 e. The Hall–Kier alpha value is -1.14. The van der Waals surface area contributed by atoms with Crippen molar-refractivity contribution >= 4 is 11.9 Å². The minimum atomic E-state index is -0.781. The highest BCUT2D eigenvalue weighted by molar-refractivity contribution is 5.93. The van der Waals surface area contributed by atoms with Crippen molar-refractivity contribution in [3.05, 3.63) is 0 Å². The number of primary amides is 1. The van der Waals surface area contributed by atoms with E-state index in [1.165, 1.54) is 6.42 Å². The Morgan fingerprint density at radius 3 is 2.88 bits per heavy atom. The molecule has 1 rings (SSSR count). The summed E-state index contributed by atoms with van der Waals surface area (Å²) in [6.07, 6.45) is 3.74. The maximum atomic E-state index is 11.3. The molecule has 0 bridgehead atoms. The molecule has 6 nitrogen and oxygen atoms in total. The lowest BCUT2D eigenvalue weighted by molar-refractivity contribution is -0.120. The van der Waals surface area contributed by atoms with Gasteiger partial charge in [0.25, 0.3) is 0 Å². The number of nitrogens with one attached hydrogen (secondary N) is 2. The zero-order valence-corrected chi connectivity index (χ0v) is 10.4. The predicted molar refractivity (Wildman–Crippen MR) is 65.5 cm³/mol. The standard InChI is InChI=1S/C11H22N4O2/c1-15(8-5-10(16)14-11(12)17)9-3-2-6-13-7-4-9/h9,13H,2-8H2,1H3,(H3,12,14,16,17). The van der Waals surface area contributed by atoms with Crippen molar-refractivity contribution in [2.75, 3.05) is 26.7 Å². The molecular weight excluding hydrogens is 220 g/mol. The molecule has 1 saturated heterocycles. The van der Waals surface area contributed by atoms with Crippen LogP contribution in [0.3, 0.4) is 0 Å². The summed E-state index contributed by atoms with van der Waals surface area (Å²) in [5, 5.41) is 5.43. The molecule has 0 spiro atoms. The highest BCUT2D eigenvalue weighted by Crippen LogP contribution is 2.11. The van der Waals surface area contributed by atoms with E-state index in [-0.39, 0.29) is 5.91 Å². The highest BCUT2D eigenvalue weighted by Gasteiger charge is 2.17. The number of hydrogen-bond acceptors (Lipinski definition) is 4. The molecule has 98 valence electrons. The number of hydrogen-bond donors (Lipinski definition) is 3. The first kappa shape index (κ1) is 13.9. The number of rotatable bonds is 4. The summed E-state index contributed by atoms with van der Waals surface area (Å²) in [5.41, 5.74) is 4.87. The van der Waals surface area contributed by atoms with Gasteiger partial charge in [0.05, 0.1) is 0 Å². The zero-order chi connectivity index (χ0) is 12.7. The molecule has 3 amide bonds. The highest BCUT2D eigenvalue weighted by atomic mass is 16.2. The van der Waals surface area contributed by atoms with Gasteiger partial charge in [0.2, 0.25) is 5.91 Å². The molecular formula is C11H22N4O2. The summed E-state index contributed by atoms with van der Waals surface area (Å²) in [5.74, 6) is -0.309. The van der Waals surface area contributed by atoms with Gasteiger partial charge in [-0.3, -0.25) is 10.1 Å². The van der Waals surface area contributed by atoms with Gasteiger partial charge in [-0.05, 0) is 39.4 Å². The minimum absolute atomic E-state index is 0.309. The summed E-state index contributed by atoms with van der Waals surface area (Å²) in [6, 6.07) is -0.261. The molecule has 0 aromatic carbocycles. The molecule has 6 heteroatoms. The van der Waals surface area contributed by atoms with E-state index < -0.39 is 6.03 Å². The van der Waals surface area contributed by atoms with Gasteiger partial charge in [-0.1, -0.05) is 0 Å². The largest absolute Gasteiger partial charge is 0.351 e. The molecule has 1 fully saturated rings. The maximum absolute atomic E-state index is 11.3. The Morgan fingerprint density at radius 2 is 2.18 bits per heavy atom. The molecule has 0 aliphatic carbocycles. The monoisotopic (exact) mass is 242 g/mol. The lowest BCUT2D eigenvalue weighted by Crippen LogP contribution is -2.39. The van der Waals surface area contributed by atoms with Crippen LogP contribution in [0.15, 0.2) is 0 Å². The van der Waals surface area contributed by atoms with Gasteiger partial charge in [-0.15, -0.1) is 0 Å². The van der Waals surface area contributed by atoms with E-state index in [0.717, 1.165) is 25.9 Å². The third kappa shape index (κ3) is 5.65. The maximum Gasteiger partial charge on any atom is 0.318 e. The lowest BCUT2D eigenvalue weighted by Gasteiger charge is -2.26. The van der Waals surface area contributed by atoms with Gasteiger partial charge < -0.3 is 16.0 Å². The fourth-order valence-corrected chi connectivity index (χ4v) is 2.10. The van der Waals surface area contributed by atoms with E-state index in [0.29, 0.717) is 19.0 Å². The molecule has 0 aromatic rings. The number of imide groups is 1. The normalized spacial score (nSPS) is 20.9. The van der Waals surface area contributed by atoms with Gasteiger partial charge in [0, 0.05) is 19.0 Å². The van der Waals surface area contributed by atoms with Crippen LogP contribution in [0.25, 0.3) is 0 Å². The quantitative estimate of drug-likeness (QED) is 0.628. The molecule has 0 aromatic heterocycles. The molecule has 1 aliphatic rings. The van der Waals surface area contributed by atoms with E-state index in [2.05, 4.69) is 15.5 Å². The van der Waals surface area contributed by atoms with Crippen molar-refractivity contribution in [2.24, 2.45) is 5.73 Å². The molecule has 17 heavy (non-hydrogen) atoms. The van der Waals surface area contributed by atoms with Crippen LogP contribution in [0.1, 0.15) is 25.7 Å². The summed E-state index contributed by atoms with van der Waals surface area (Å²) in [6.45, 7) is 2.76.